The fourth-order valence-corrected chi connectivity index (χ4v) is 3.13. The van der Waals surface area contributed by atoms with Crippen molar-refractivity contribution in [1.82, 2.24) is 9.88 Å². The van der Waals surface area contributed by atoms with Gasteiger partial charge in [0, 0.05) is 25.0 Å². The quantitative estimate of drug-likeness (QED) is 0.890. The number of nitrogens with one attached hydrogen (secondary N) is 1. The molecule has 6 nitrogen and oxygen atoms in total. The molecule has 0 aliphatic carbocycles. The molecule has 1 saturated heterocycles. The molecule has 1 aliphatic rings. The molecule has 0 radical (unpaired) electrons. The summed E-state index contributed by atoms with van der Waals surface area (Å²) in [5.74, 6) is 1.33. The summed E-state index contributed by atoms with van der Waals surface area (Å²) >= 11 is 0. The van der Waals surface area contributed by atoms with Crippen LogP contribution in [0.4, 0.5) is 11.5 Å². The van der Waals surface area contributed by atoms with E-state index in [9.17, 15) is 4.79 Å². The number of benzene rings is 1. The molecule has 1 amide bonds. The first-order chi connectivity index (χ1) is 12.6. The van der Waals surface area contributed by atoms with Gasteiger partial charge in [0.15, 0.2) is 0 Å². The molecule has 2 unspecified atom stereocenters. The van der Waals surface area contributed by atoms with E-state index < -0.39 is 0 Å². The molecule has 26 heavy (non-hydrogen) atoms. The fourth-order valence-electron chi connectivity index (χ4n) is 3.13. The summed E-state index contributed by atoms with van der Waals surface area (Å²) in [6.45, 7) is 7.71. The van der Waals surface area contributed by atoms with E-state index in [1.807, 2.05) is 49.9 Å². The number of nitrogens with zero attached hydrogens (tertiary/aromatic N) is 2. The SMILES string of the molecule is CCOc1ccc(Nc2ncccc2C(=O)N2CC(C)OC(C)C2)cc1. The zero-order chi connectivity index (χ0) is 18.5. The van der Waals surface area contributed by atoms with Gasteiger partial charge in [0.1, 0.15) is 11.6 Å². The van der Waals surface area contributed by atoms with Crippen LogP contribution in [0.2, 0.25) is 0 Å². The number of hydrogen-bond acceptors (Lipinski definition) is 5. The molecule has 2 atom stereocenters. The van der Waals surface area contributed by atoms with E-state index in [-0.39, 0.29) is 18.1 Å². The highest BCUT2D eigenvalue weighted by atomic mass is 16.5. The Kier molecular flexibility index (Phi) is 5.73. The Morgan fingerprint density at radius 3 is 2.58 bits per heavy atom. The molecule has 138 valence electrons. The number of anilines is 2. The third-order valence-corrected chi connectivity index (χ3v) is 4.17. The van der Waals surface area contributed by atoms with Crippen LogP contribution in [-0.4, -0.2) is 47.7 Å². The lowest BCUT2D eigenvalue weighted by molar-refractivity contribution is -0.0586. The van der Waals surface area contributed by atoms with Crippen molar-refractivity contribution >= 4 is 17.4 Å². The Morgan fingerprint density at radius 2 is 1.92 bits per heavy atom. The van der Waals surface area contributed by atoms with Gasteiger partial charge in [-0.3, -0.25) is 4.79 Å². The monoisotopic (exact) mass is 355 g/mol. The van der Waals surface area contributed by atoms with E-state index >= 15 is 0 Å². The Bertz CT molecular complexity index is 738. The topological polar surface area (TPSA) is 63.7 Å². The minimum atomic E-state index is -0.0338. The summed E-state index contributed by atoms with van der Waals surface area (Å²) < 4.78 is 11.2. The summed E-state index contributed by atoms with van der Waals surface area (Å²) in [5.41, 5.74) is 1.41. The van der Waals surface area contributed by atoms with Gasteiger partial charge >= 0.3 is 0 Å². The largest absolute Gasteiger partial charge is 0.494 e. The number of hydrogen-bond donors (Lipinski definition) is 1. The maximum absolute atomic E-state index is 13.0. The lowest BCUT2D eigenvalue weighted by atomic mass is 10.1. The molecule has 0 spiro atoms. The van der Waals surface area contributed by atoms with Gasteiger partial charge in [-0.15, -0.1) is 0 Å². The number of rotatable bonds is 5. The summed E-state index contributed by atoms with van der Waals surface area (Å²) in [4.78, 5) is 19.2. The van der Waals surface area contributed by atoms with Crippen molar-refractivity contribution < 1.29 is 14.3 Å². The van der Waals surface area contributed by atoms with Crippen LogP contribution < -0.4 is 10.1 Å². The maximum Gasteiger partial charge on any atom is 0.257 e. The smallest absolute Gasteiger partial charge is 0.257 e. The van der Waals surface area contributed by atoms with Crippen LogP contribution in [-0.2, 0) is 4.74 Å². The zero-order valence-corrected chi connectivity index (χ0v) is 15.4. The summed E-state index contributed by atoms with van der Waals surface area (Å²) in [6, 6.07) is 11.2. The van der Waals surface area contributed by atoms with Crippen molar-refractivity contribution in [1.29, 1.82) is 0 Å². The van der Waals surface area contributed by atoms with E-state index in [4.69, 9.17) is 9.47 Å². The van der Waals surface area contributed by atoms with Crippen molar-refractivity contribution in [2.75, 3.05) is 25.0 Å². The van der Waals surface area contributed by atoms with Crippen LogP contribution in [0, 0.1) is 0 Å². The first-order valence-electron chi connectivity index (χ1n) is 8.96. The second-order valence-electron chi connectivity index (χ2n) is 6.45. The third-order valence-electron chi connectivity index (χ3n) is 4.17. The average Bonchev–Trinajstić information content (AvgIpc) is 2.63. The van der Waals surface area contributed by atoms with Crippen molar-refractivity contribution in [2.45, 2.75) is 33.0 Å². The number of carbonyl (C=O) groups is 1. The molecule has 1 aromatic carbocycles. The van der Waals surface area contributed by atoms with Gasteiger partial charge in [0.05, 0.1) is 24.4 Å². The van der Waals surface area contributed by atoms with Crippen LogP contribution in [0.5, 0.6) is 5.75 Å². The summed E-state index contributed by atoms with van der Waals surface area (Å²) in [7, 11) is 0. The number of ether oxygens (including phenoxy) is 2. The van der Waals surface area contributed by atoms with Crippen molar-refractivity contribution in [3.8, 4) is 5.75 Å². The fraction of sp³-hybridized carbons (Fsp3) is 0.400. The molecule has 3 rings (SSSR count). The molecule has 1 aromatic heterocycles. The van der Waals surface area contributed by atoms with Crippen molar-refractivity contribution in [3.63, 3.8) is 0 Å². The molecule has 0 saturated carbocycles. The molecule has 1 N–H and O–H groups in total. The zero-order valence-electron chi connectivity index (χ0n) is 15.4. The van der Waals surface area contributed by atoms with Gasteiger partial charge in [-0.25, -0.2) is 4.98 Å². The van der Waals surface area contributed by atoms with Crippen LogP contribution in [0.15, 0.2) is 42.6 Å². The van der Waals surface area contributed by atoms with Crippen LogP contribution >= 0.6 is 0 Å². The molecule has 1 aliphatic heterocycles. The maximum atomic E-state index is 13.0. The first-order valence-corrected chi connectivity index (χ1v) is 8.96. The van der Waals surface area contributed by atoms with Gasteiger partial charge < -0.3 is 19.7 Å². The molecule has 2 aromatic rings. The minimum Gasteiger partial charge on any atom is -0.494 e. The van der Waals surface area contributed by atoms with E-state index in [1.165, 1.54) is 0 Å². The Morgan fingerprint density at radius 1 is 1.23 bits per heavy atom. The molecule has 1 fully saturated rings. The highest BCUT2D eigenvalue weighted by Gasteiger charge is 2.28. The van der Waals surface area contributed by atoms with Gasteiger partial charge in [-0.05, 0) is 57.2 Å². The molecular formula is C20H25N3O3. The summed E-state index contributed by atoms with van der Waals surface area (Å²) in [6.07, 6.45) is 1.74. The lowest BCUT2D eigenvalue weighted by Gasteiger charge is -2.35. The van der Waals surface area contributed by atoms with Crippen LogP contribution in [0.1, 0.15) is 31.1 Å². The van der Waals surface area contributed by atoms with E-state index in [0.717, 1.165) is 11.4 Å². The predicted octanol–water partition coefficient (Wildman–Crippen LogP) is 3.47. The number of pyridine rings is 1. The van der Waals surface area contributed by atoms with Crippen molar-refractivity contribution in [3.05, 3.63) is 48.2 Å². The summed E-state index contributed by atoms with van der Waals surface area (Å²) in [5, 5.41) is 3.24. The number of amides is 1. The Hall–Kier alpha value is -2.60. The molecule has 2 heterocycles. The van der Waals surface area contributed by atoms with Crippen LogP contribution in [0.3, 0.4) is 0 Å². The van der Waals surface area contributed by atoms with Gasteiger partial charge in [-0.2, -0.15) is 0 Å². The Labute approximate surface area is 154 Å². The number of aromatic nitrogens is 1. The normalized spacial score (nSPS) is 19.9. The molecule has 0 bridgehead atoms. The third kappa shape index (κ3) is 4.32. The van der Waals surface area contributed by atoms with E-state index in [0.29, 0.717) is 31.1 Å². The predicted molar refractivity (Wildman–Crippen MR) is 101 cm³/mol. The minimum absolute atomic E-state index is 0.0295. The molecule has 6 heteroatoms. The van der Waals surface area contributed by atoms with Crippen molar-refractivity contribution in [2.24, 2.45) is 0 Å². The first kappa shape index (κ1) is 18.2. The highest BCUT2D eigenvalue weighted by molar-refractivity contribution is 5.99. The average molecular weight is 355 g/mol. The lowest BCUT2D eigenvalue weighted by Crippen LogP contribution is -2.48. The number of carbonyl (C=O) groups excluding carboxylic acids is 1. The van der Waals surface area contributed by atoms with Gasteiger partial charge in [0.25, 0.3) is 5.91 Å². The second kappa shape index (κ2) is 8.19. The van der Waals surface area contributed by atoms with E-state index in [2.05, 4.69) is 10.3 Å². The van der Waals surface area contributed by atoms with Crippen LogP contribution in [0.25, 0.3) is 0 Å². The highest BCUT2D eigenvalue weighted by Crippen LogP contribution is 2.23. The standard InChI is InChI=1S/C20H25N3O3/c1-4-25-17-9-7-16(8-10-17)22-19-18(6-5-11-21-19)20(24)23-12-14(2)26-15(3)13-23/h5-11,14-15H,4,12-13H2,1-3H3,(H,21,22). The van der Waals surface area contributed by atoms with Gasteiger partial charge in [0.2, 0.25) is 0 Å². The van der Waals surface area contributed by atoms with E-state index in [1.54, 1.807) is 18.3 Å². The Balaban J connectivity index is 1.78. The van der Waals surface area contributed by atoms with Gasteiger partial charge in [-0.1, -0.05) is 0 Å². The number of morpholine rings is 1. The second-order valence-corrected chi connectivity index (χ2v) is 6.45. The molecular weight excluding hydrogens is 330 g/mol.